The van der Waals surface area contributed by atoms with E-state index in [-0.39, 0.29) is 12.1 Å². The van der Waals surface area contributed by atoms with Gasteiger partial charge in [0.2, 0.25) is 0 Å². The summed E-state index contributed by atoms with van der Waals surface area (Å²) in [7, 11) is 0. The first kappa shape index (κ1) is 12.5. The van der Waals surface area contributed by atoms with Crippen molar-refractivity contribution in [3.05, 3.63) is 47.8 Å². The molecule has 0 aliphatic carbocycles. The first-order chi connectivity index (χ1) is 9.83. The van der Waals surface area contributed by atoms with E-state index >= 15 is 0 Å². The topological polar surface area (TPSA) is 79.0 Å². The molecule has 1 aliphatic rings. The second kappa shape index (κ2) is 5.64. The van der Waals surface area contributed by atoms with Gasteiger partial charge in [-0.1, -0.05) is 18.2 Å². The van der Waals surface area contributed by atoms with Crippen molar-refractivity contribution in [2.75, 3.05) is 6.61 Å². The van der Waals surface area contributed by atoms with Crippen molar-refractivity contribution in [2.45, 2.75) is 19.0 Å². The quantitative estimate of drug-likeness (QED) is 0.796. The lowest BCUT2D eigenvalue weighted by Crippen LogP contribution is -2.39. The van der Waals surface area contributed by atoms with Gasteiger partial charge in [-0.2, -0.15) is 5.10 Å². The fourth-order valence-corrected chi connectivity index (χ4v) is 2.26. The Bertz CT molecular complexity index is 583. The fourth-order valence-electron chi connectivity index (χ4n) is 2.26. The average molecular weight is 272 g/mol. The minimum Gasteiger partial charge on any atom is -0.493 e. The highest BCUT2D eigenvalue weighted by Gasteiger charge is 2.22. The van der Waals surface area contributed by atoms with Crippen LogP contribution < -0.4 is 15.4 Å². The predicted molar refractivity (Wildman–Crippen MR) is 73.3 cm³/mol. The number of carbonyl (C=O) groups excluding carboxylic acids is 1. The molecule has 2 heterocycles. The monoisotopic (exact) mass is 272 g/mol. The summed E-state index contributed by atoms with van der Waals surface area (Å²) in [6, 6.07) is 9.40. The number of para-hydroxylation sites is 1. The molecular weight excluding hydrogens is 256 g/mol. The van der Waals surface area contributed by atoms with E-state index in [0.717, 1.165) is 23.4 Å². The van der Waals surface area contributed by atoms with Gasteiger partial charge in [0, 0.05) is 18.2 Å². The molecule has 0 saturated carbocycles. The number of nitrogens with zero attached hydrogens (tertiary/aromatic N) is 1. The summed E-state index contributed by atoms with van der Waals surface area (Å²) >= 11 is 0. The van der Waals surface area contributed by atoms with Crippen molar-refractivity contribution < 1.29 is 9.53 Å². The van der Waals surface area contributed by atoms with Gasteiger partial charge in [0.1, 0.15) is 5.75 Å². The van der Waals surface area contributed by atoms with E-state index in [2.05, 4.69) is 20.8 Å². The normalized spacial score (nSPS) is 16.9. The molecule has 1 unspecified atom stereocenters. The van der Waals surface area contributed by atoms with Crippen LogP contribution in [0.5, 0.6) is 5.75 Å². The first-order valence-corrected chi connectivity index (χ1v) is 6.57. The van der Waals surface area contributed by atoms with Gasteiger partial charge in [0.05, 0.1) is 24.9 Å². The summed E-state index contributed by atoms with van der Waals surface area (Å²) in [6.07, 6.45) is 2.43. The van der Waals surface area contributed by atoms with E-state index < -0.39 is 0 Å². The molecule has 1 aromatic carbocycles. The highest BCUT2D eigenvalue weighted by atomic mass is 16.5. The Balaban J connectivity index is 1.59. The minimum atomic E-state index is -0.193. The molecule has 20 heavy (non-hydrogen) atoms. The number of urea groups is 1. The SMILES string of the molecule is O=C(NCc1ccn[nH]1)NC1CCOc2ccccc21. The van der Waals surface area contributed by atoms with Crippen LogP contribution in [0.25, 0.3) is 0 Å². The molecule has 0 fully saturated rings. The Morgan fingerprint density at radius 2 is 2.30 bits per heavy atom. The molecule has 2 aromatic rings. The molecule has 6 heteroatoms. The predicted octanol–water partition coefficient (Wildman–Crippen LogP) is 1.73. The molecule has 3 rings (SSSR count). The zero-order chi connectivity index (χ0) is 13.8. The number of hydrogen-bond acceptors (Lipinski definition) is 3. The number of rotatable bonds is 3. The molecule has 0 saturated heterocycles. The molecule has 1 aliphatic heterocycles. The third-order valence-electron chi connectivity index (χ3n) is 3.26. The number of H-pyrrole nitrogens is 1. The Labute approximate surface area is 116 Å². The maximum Gasteiger partial charge on any atom is 0.315 e. The summed E-state index contributed by atoms with van der Waals surface area (Å²) in [5.41, 5.74) is 1.89. The van der Waals surface area contributed by atoms with Crippen LogP contribution in [0.2, 0.25) is 0 Å². The minimum absolute atomic E-state index is 0.0123. The standard InChI is InChI=1S/C14H16N4O2/c19-14(15-9-10-5-7-16-18-10)17-12-6-8-20-13-4-2-1-3-11(12)13/h1-5,7,12H,6,8-9H2,(H,16,18)(H2,15,17,19). The molecule has 0 radical (unpaired) electrons. The second-order valence-electron chi connectivity index (χ2n) is 4.64. The molecule has 104 valence electrons. The van der Waals surface area contributed by atoms with Crippen LogP contribution >= 0.6 is 0 Å². The van der Waals surface area contributed by atoms with Crippen LogP contribution in [0.15, 0.2) is 36.5 Å². The van der Waals surface area contributed by atoms with Crippen LogP contribution in [0.3, 0.4) is 0 Å². The van der Waals surface area contributed by atoms with E-state index in [1.165, 1.54) is 0 Å². The van der Waals surface area contributed by atoms with Crippen molar-refractivity contribution in [1.29, 1.82) is 0 Å². The van der Waals surface area contributed by atoms with E-state index in [1.807, 2.05) is 30.3 Å². The number of amides is 2. The van der Waals surface area contributed by atoms with E-state index in [1.54, 1.807) is 6.20 Å². The highest BCUT2D eigenvalue weighted by Crippen LogP contribution is 2.31. The van der Waals surface area contributed by atoms with Gasteiger partial charge in [-0.3, -0.25) is 5.10 Å². The van der Waals surface area contributed by atoms with Crippen LogP contribution in [0.4, 0.5) is 4.79 Å². The Kier molecular flexibility index (Phi) is 3.54. The van der Waals surface area contributed by atoms with Crippen molar-refractivity contribution >= 4 is 6.03 Å². The maximum absolute atomic E-state index is 11.9. The Morgan fingerprint density at radius 3 is 3.15 bits per heavy atom. The maximum atomic E-state index is 11.9. The fraction of sp³-hybridized carbons (Fsp3) is 0.286. The second-order valence-corrected chi connectivity index (χ2v) is 4.64. The average Bonchev–Trinajstić information content (AvgIpc) is 2.99. The summed E-state index contributed by atoms with van der Waals surface area (Å²) in [4.78, 5) is 11.9. The van der Waals surface area contributed by atoms with Gasteiger partial charge < -0.3 is 15.4 Å². The number of carbonyl (C=O) groups is 1. The lowest BCUT2D eigenvalue weighted by atomic mass is 10.0. The Morgan fingerprint density at radius 1 is 1.40 bits per heavy atom. The number of ether oxygens (including phenoxy) is 1. The molecule has 2 amide bonds. The van der Waals surface area contributed by atoms with Crippen molar-refractivity contribution in [2.24, 2.45) is 0 Å². The van der Waals surface area contributed by atoms with Gasteiger partial charge in [-0.25, -0.2) is 4.79 Å². The molecule has 3 N–H and O–H groups in total. The molecule has 1 aromatic heterocycles. The number of hydrogen-bond donors (Lipinski definition) is 3. The van der Waals surface area contributed by atoms with E-state index in [4.69, 9.17) is 4.74 Å². The van der Waals surface area contributed by atoms with Crippen molar-refractivity contribution in [3.63, 3.8) is 0 Å². The van der Waals surface area contributed by atoms with Crippen LogP contribution in [0, 0.1) is 0 Å². The van der Waals surface area contributed by atoms with Crippen molar-refractivity contribution in [1.82, 2.24) is 20.8 Å². The molecule has 0 bridgehead atoms. The molecule has 1 atom stereocenters. The summed E-state index contributed by atoms with van der Waals surface area (Å²) in [6.45, 7) is 1.04. The summed E-state index contributed by atoms with van der Waals surface area (Å²) < 4.78 is 5.57. The number of aromatic nitrogens is 2. The number of benzene rings is 1. The van der Waals surface area contributed by atoms with Gasteiger partial charge >= 0.3 is 6.03 Å². The van der Waals surface area contributed by atoms with Crippen molar-refractivity contribution in [3.8, 4) is 5.75 Å². The van der Waals surface area contributed by atoms with Gasteiger partial charge in [-0.15, -0.1) is 0 Å². The largest absolute Gasteiger partial charge is 0.493 e. The lowest BCUT2D eigenvalue weighted by molar-refractivity contribution is 0.223. The molecule has 0 spiro atoms. The third kappa shape index (κ3) is 2.74. The third-order valence-corrected chi connectivity index (χ3v) is 3.26. The zero-order valence-electron chi connectivity index (χ0n) is 10.9. The van der Waals surface area contributed by atoms with Gasteiger partial charge in [0.25, 0.3) is 0 Å². The van der Waals surface area contributed by atoms with E-state index in [0.29, 0.717) is 13.2 Å². The number of aromatic amines is 1. The van der Waals surface area contributed by atoms with Gasteiger partial charge in [-0.05, 0) is 12.1 Å². The molecule has 6 nitrogen and oxygen atoms in total. The summed E-state index contributed by atoms with van der Waals surface area (Å²) in [5, 5.41) is 12.4. The van der Waals surface area contributed by atoms with Gasteiger partial charge in [0.15, 0.2) is 0 Å². The highest BCUT2D eigenvalue weighted by molar-refractivity contribution is 5.74. The van der Waals surface area contributed by atoms with Crippen LogP contribution in [-0.4, -0.2) is 22.8 Å². The first-order valence-electron chi connectivity index (χ1n) is 6.57. The molecular formula is C14H16N4O2. The summed E-state index contributed by atoms with van der Waals surface area (Å²) in [5.74, 6) is 0.845. The Hall–Kier alpha value is -2.50. The van der Waals surface area contributed by atoms with E-state index in [9.17, 15) is 4.79 Å². The van der Waals surface area contributed by atoms with Crippen LogP contribution in [0.1, 0.15) is 23.7 Å². The lowest BCUT2D eigenvalue weighted by Gasteiger charge is -2.26. The number of nitrogens with one attached hydrogen (secondary N) is 3. The number of fused-ring (bicyclic) bond motifs is 1. The zero-order valence-corrected chi connectivity index (χ0v) is 10.9. The van der Waals surface area contributed by atoms with Crippen LogP contribution in [-0.2, 0) is 6.54 Å². The smallest absolute Gasteiger partial charge is 0.315 e.